The molecule has 1 aromatic rings. The van der Waals surface area contributed by atoms with E-state index in [1.807, 2.05) is 0 Å². The monoisotopic (exact) mass is 393 g/mol. The van der Waals surface area contributed by atoms with Crippen LogP contribution in [-0.2, 0) is 10.0 Å². The number of nitrogens with one attached hydrogen (secondary N) is 1. The largest absolute Gasteiger partial charge is 0.348 e. The van der Waals surface area contributed by atoms with Gasteiger partial charge in [-0.15, -0.1) is 0 Å². The van der Waals surface area contributed by atoms with Crippen LogP contribution in [0.15, 0.2) is 23.1 Å². The van der Waals surface area contributed by atoms with Gasteiger partial charge in [0.2, 0.25) is 0 Å². The molecule has 0 bridgehead atoms. The number of sulfonamides is 1. The van der Waals surface area contributed by atoms with Crippen molar-refractivity contribution in [2.75, 3.05) is 6.54 Å². The summed E-state index contributed by atoms with van der Waals surface area (Å²) < 4.78 is 26.2. The number of carbonyl (C=O) groups excluding carboxylic acids is 2. The van der Waals surface area contributed by atoms with E-state index in [-0.39, 0.29) is 28.0 Å². The molecule has 2 amide bonds. The van der Waals surface area contributed by atoms with Crippen molar-refractivity contribution >= 4 is 21.8 Å². The van der Waals surface area contributed by atoms with Crippen molar-refractivity contribution in [2.45, 2.75) is 62.9 Å². The Morgan fingerprint density at radius 1 is 1.26 bits per heavy atom. The highest BCUT2D eigenvalue weighted by Crippen LogP contribution is 2.33. The average Bonchev–Trinajstić information content (AvgIpc) is 2.85. The van der Waals surface area contributed by atoms with E-state index in [1.165, 1.54) is 24.6 Å². The fourth-order valence-corrected chi connectivity index (χ4v) is 5.85. The van der Waals surface area contributed by atoms with Gasteiger partial charge in [-0.25, -0.2) is 12.7 Å². The first-order valence-corrected chi connectivity index (χ1v) is 10.9. The number of nitrogens with two attached hydrogens (primary N) is 1. The number of rotatable bonds is 5. The highest BCUT2D eigenvalue weighted by atomic mass is 32.2. The van der Waals surface area contributed by atoms with E-state index in [9.17, 15) is 18.0 Å². The van der Waals surface area contributed by atoms with Crippen molar-refractivity contribution < 1.29 is 18.0 Å². The molecule has 3 N–H and O–H groups in total. The topological polar surface area (TPSA) is 110 Å². The molecule has 1 saturated carbocycles. The zero-order valence-corrected chi connectivity index (χ0v) is 16.6. The third-order valence-electron chi connectivity index (χ3n) is 5.47. The van der Waals surface area contributed by atoms with Crippen LogP contribution in [0, 0.1) is 5.92 Å². The minimum Gasteiger partial charge on any atom is -0.348 e. The molecule has 148 valence electrons. The van der Waals surface area contributed by atoms with E-state index < -0.39 is 22.0 Å². The van der Waals surface area contributed by atoms with Crippen molar-refractivity contribution in [1.29, 1.82) is 0 Å². The van der Waals surface area contributed by atoms with Gasteiger partial charge >= 0.3 is 0 Å². The number of hydrogen-bond donors (Lipinski definition) is 2. The average molecular weight is 394 g/mol. The second-order valence-electron chi connectivity index (χ2n) is 7.62. The molecule has 7 nitrogen and oxygen atoms in total. The van der Waals surface area contributed by atoms with Gasteiger partial charge < -0.3 is 11.1 Å². The lowest BCUT2D eigenvalue weighted by atomic mass is 9.84. The Kier molecular flexibility index (Phi) is 5.58. The number of fused-ring (bicyclic) bond motifs is 1. The van der Waals surface area contributed by atoms with Gasteiger partial charge in [-0.1, -0.05) is 19.3 Å². The minimum atomic E-state index is -3.93. The van der Waals surface area contributed by atoms with Crippen LogP contribution in [0.1, 0.15) is 66.7 Å². The smallest absolute Gasteiger partial charge is 0.269 e. The van der Waals surface area contributed by atoms with Gasteiger partial charge in [0.1, 0.15) is 4.90 Å². The van der Waals surface area contributed by atoms with Crippen molar-refractivity contribution in [1.82, 2.24) is 9.62 Å². The van der Waals surface area contributed by atoms with Crippen molar-refractivity contribution in [2.24, 2.45) is 11.7 Å². The van der Waals surface area contributed by atoms with Crippen molar-refractivity contribution in [3.63, 3.8) is 0 Å². The molecule has 1 atom stereocenters. The quantitative estimate of drug-likeness (QED) is 0.794. The maximum atomic E-state index is 12.7. The lowest BCUT2D eigenvalue weighted by Crippen LogP contribution is -2.45. The van der Waals surface area contributed by atoms with Gasteiger partial charge in [-0.2, -0.15) is 0 Å². The van der Waals surface area contributed by atoms with Crippen molar-refractivity contribution in [3.8, 4) is 0 Å². The molecule has 1 fully saturated rings. The summed E-state index contributed by atoms with van der Waals surface area (Å²) in [7, 11) is -3.93. The normalized spacial score (nSPS) is 20.6. The third kappa shape index (κ3) is 3.60. The Morgan fingerprint density at radius 2 is 1.93 bits per heavy atom. The number of amides is 2. The van der Waals surface area contributed by atoms with E-state index in [2.05, 4.69) is 5.32 Å². The summed E-state index contributed by atoms with van der Waals surface area (Å²) in [5.41, 5.74) is 6.21. The van der Waals surface area contributed by atoms with Gasteiger partial charge in [0.25, 0.3) is 21.8 Å². The molecule has 1 unspecified atom stereocenters. The zero-order chi connectivity index (χ0) is 19.8. The standard InChI is InChI=1S/C19H27N3O4S/c1-12(2)22-19(24)15-9-8-14(10-17(15)27(22,25)26)18(23)21-16(11-20)13-6-4-3-5-7-13/h8-10,12-13,16H,3-7,11,20H2,1-2H3,(H,21,23). The molecule has 1 aromatic carbocycles. The van der Waals surface area contributed by atoms with E-state index in [1.54, 1.807) is 13.8 Å². The highest BCUT2D eigenvalue weighted by molar-refractivity contribution is 7.90. The predicted octanol–water partition coefficient (Wildman–Crippen LogP) is 1.88. The van der Waals surface area contributed by atoms with Crippen LogP contribution >= 0.6 is 0 Å². The Balaban J connectivity index is 1.84. The van der Waals surface area contributed by atoms with Gasteiger partial charge in [0, 0.05) is 24.2 Å². The molecule has 3 rings (SSSR count). The second-order valence-corrected chi connectivity index (χ2v) is 9.41. The zero-order valence-electron chi connectivity index (χ0n) is 15.8. The minimum absolute atomic E-state index is 0.101. The summed E-state index contributed by atoms with van der Waals surface area (Å²) in [6, 6.07) is 3.61. The molecular formula is C19H27N3O4S. The lowest BCUT2D eigenvalue weighted by molar-refractivity contribution is 0.0844. The Bertz CT molecular complexity index is 845. The molecule has 1 heterocycles. The fourth-order valence-electron chi connectivity index (χ4n) is 4.06. The summed E-state index contributed by atoms with van der Waals surface area (Å²) >= 11 is 0. The van der Waals surface area contributed by atoms with Crippen LogP contribution in [0.4, 0.5) is 0 Å². The molecular weight excluding hydrogens is 366 g/mol. The molecule has 0 aromatic heterocycles. The maximum absolute atomic E-state index is 12.7. The fraction of sp³-hybridized carbons (Fsp3) is 0.579. The molecule has 1 aliphatic carbocycles. The number of nitrogens with zero attached hydrogens (tertiary/aromatic N) is 1. The number of benzene rings is 1. The summed E-state index contributed by atoms with van der Waals surface area (Å²) in [6.45, 7) is 3.63. The maximum Gasteiger partial charge on any atom is 0.269 e. The highest BCUT2D eigenvalue weighted by Gasteiger charge is 2.43. The summed E-state index contributed by atoms with van der Waals surface area (Å²) in [4.78, 5) is 25.0. The van der Waals surface area contributed by atoms with Crippen LogP contribution in [0.5, 0.6) is 0 Å². The second kappa shape index (κ2) is 7.59. The first-order chi connectivity index (χ1) is 12.8. The predicted molar refractivity (Wildman–Crippen MR) is 102 cm³/mol. The van der Waals surface area contributed by atoms with Crippen LogP contribution in [-0.4, -0.2) is 43.2 Å². The Morgan fingerprint density at radius 3 is 2.52 bits per heavy atom. The van der Waals surface area contributed by atoms with Gasteiger partial charge in [0.15, 0.2) is 0 Å². The van der Waals surface area contributed by atoms with Gasteiger partial charge in [0.05, 0.1) is 5.56 Å². The molecule has 1 aliphatic heterocycles. The summed E-state index contributed by atoms with van der Waals surface area (Å²) in [6.07, 6.45) is 5.57. The molecule has 0 spiro atoms. The van der Waals surface area contributed by atoms with Gasteiger partial charge in [-0.05, 0) is 50.8 Å². The Labute approximate surface area is 160 Å². The van der Waals surface area contributed by atoms with E-state index in [0.717, 1.165) is 30.0 Å². The van der Waals surface area contributed by atoms with Crippen LogP contribution in [0.3, 0.4) is 0 Å². The van der Waals surface area contributed by atoms with E-state index >= 15 is 0 Å². The molecule has 0 radical (unpaired) electrons. The van der Waals surface area contributed by atoms with E-state index in [4.69, 9.17) is 5.73 Å². The molecule has 2 aliphatic rings. The van der Waals surface area contributed by atoms with Crippen LogP contribution in [0.2, 0.25) is 0 Å². The molecule has 0 saturated heterocycles. The first-order valence-electron chi connectivity index (χ1n) is 9.51. The van der Waals surface area contributed by atoms with Gasteiger partial charge in [-0.3, -0.25) is 9.59 Å². The molecule has 8 heteroatoms. The summed E-state index contributed by atoms with van der Waals surface area (Å²) in [5, 5.41) is 2.96. The number of hydrogen-bond acceptors (Lipinski definition) is 5. The van der Waals surface area contributed by atoms with Crippen LogP contribution in [0.25, 0.3) is 0 Å². The van der Waals surface area contributed by atoms with E-state index in [0.29, 0.717) is 12.5 Å². The Hall–Kier alpha value is -1.93. The molecule has 27 heavy (non-hydrogen) atoms. The van der Waals surface area contributed by atoms with Crippen molar-refractivity contribution in [3.05, 3.63) is 29.3 Å². The third-order valence-corrected chi connectivity index (χ3v) is 7.47. The lowest BCUT2D eigenvalue weighted by Gasteiger charge is -2.30. The number of carbonyl (C=O) groups is 2. The van der Waals surface area contributed by atoms with Crippen LogP contribution < -0.4 is 11.1 Å². The first kappa shape index (κ1) is 19.8. The SMILES string of the molecule is CC(C)N1C(=O)c2ccc(C(=O)NC(CN)C3CCCCC3)cc2S1(=O)=O. The summed E-state index contributed by atoms with van der Waals surface area (Å²) in [5.74, 6) is -0.553.